The third-order valence-corrected chi connectivity index (χ3v) is 1.51. The number of aliphatic imine (C=N–C) groups is 1. The van der Waals surface area contributed by atoms with E-state index in [-0.39, 0.29) is 12.1 Å². The smallest absolute Gasteiger partial charge is 0.237 e. The maximum Gasteiger partial charge on any atom is 0.237 e. The van der Waals surface area contributed by atoms with Gasteiger partial charge < -0.3 is 4.74 Å². The second kappa shape index (κ2) is 5.44. The van der Waals surface area contributed by atoms with Crippen LogP contribution in [-0.4, -0.2) is 28.0 Å². The molecule has 0 spiro atoms. The third kappa shape index (κ3) is 4.06. The number of aromatic nitrogens is 2. The molecule has 0 aliphatic rings. The first-order chi connectivity index (χ1) is 7.09. The molecule has 0 amide bonds. The van der Waals surface area contributed by atoms with Crippen molar-refractivity contribution < 1.29 is 4.74 Å². The molecular formula is C11H17N3O. The molecule has 0 aliphatic carbocycles. The summed E-state index contributed by atoms with van der Waals surface area (Å²) in [6, 6.07) is 0.181. The van der Waals surface area contributed by atoms with Crippen LogP contribution in [0.15, 0.2) is 23.6 Å². The van der Waals surface area contributed by atoms with Gasteiger partial charge in [-0.25, -0.2) is 9.98 Å². The quantitative estimate of drug-likeness (QED) is 0.563. The van der Waals surface area contributed by atoms with Gasteiger partial charge in [-0.1, -0.05) is 0 Å². The maximum absolute atomic E-state index is 5.59. The zero-order valence-corrected chi connectivity index (χ0v) is 9.64. The molecule has 1 aromatic heterocycles. The predicted octanol–water partition coefficient (Wildman–Crippen LogP) is 2.06. The molecule has 0 saturated heterocycles. The lowest BCUT2D eigenvalue weighted by atomic mass is 10.4. The third-order valence-electron chi connectivity index (χ3n) is 1.51. The predicted molar refractivity (Wildman–Crippen MR) is 59.9 cm³/mol. The van der Waals surface area contributed by atoms with E-state index in [1.54, 1.807) is 18.6 Å². The molecule has 0 radical (unpaired) electrons. The van der Waals surface area contributed by atoms with E-state index in [1.165, 1.54) is 0 Å². The van der Waals surface area contributed by atoms with Gasteiger partial charge in [0.25, 0.3) is 0 Å². The van der Waals surface area contributed by atoms with E-state index in [2.05, 4.69) is 15.0 Å². The van der Waals surface area contributed by atoms with Gasteiger partial charge in [0.1, 0.15) is 5.69 Å². The highest BCUT2D eigenvalue weighted by Gasteiger charge is 2.09. The summed E-state index contributed by atoms with van der Waals surface area (Å²) in [5.41, 5.74) is 0.680. The molecule has 82 valence electrons. The van der Waals surface area contributed by atoms with Gasteiger partial charge in [-0.3, -0.25) is 4.98 Å². The van der Waals surface area contributed by atoms with Crippen molar-refractivity contribution >= 4 is 5.90 Å². The summed E-state index contributed by atoms with van der Waals surface area (Å²) in [7, 11) is 0. The molecule has 0 N–H and O–H groups in total. The lowest BCUT2D eigenvalue weighted by Gasteiger charge is -2.12. The number of hydrogen-bond donors (Lipinski definition) is 0. The van der Waals surface area contributed by atoms with E-state index < -0.39 is 0 Å². The van der Waals surface area contributed by atoms with E-state index in [0.717, 1.165) is 0 Å². The molecule has 1 heterocycles. The minimum Gasteiger partial charge on any atom is -0.474 e. The van der Waals surface area contributed by atoms with Gasteiger partial charge in [0, 0.05) is 18.4 Å². The summed E-state index contributed by atoms with van der Waals surface area (Å²) >= 11 is 0. The summed E-state index contributed by atoms with van der Waals surface area (Å²) in [4.78, 5) is 12.5. The monoisotopic (exact) mass is 207 g/mol. The van der Waals surface area contributed by atoms with Gasteiger partial charge in [-0.15, -0.1) is 0 Å². The molecule has 0 unspecified atom stereocenters. The van der Waals surface area contributed by atoms with E-state index >= 15 is 0 Å². The number of rotatable bonds is 3. The van der Waals surface area contributed by atoms with Gasteiger partial charge >= 0.3 is 0 Å². The van der Waals surface area contributed by atoms with Gasteiger partial charge in [0.2, 0.25) is 5.90 Å². The zero-order chi connectivity index (χ0) is 11.3. The summed E-state index contributed by atoms with van der Waals surface area (Å²) in [5.74, 6) is 0.563. The van der Waals surface area contributed by atoms with Crippen LogP contribution >= 0.6 is 0 Å². The molecule has 0 atom stereocenters. The van der Waals surface area contributed by atoms with Crippen LogP contribution in [0, 0.1) is 0 Å². The first kappa shape index (κ1) is 11.6. The van der Waals surface area contributed by atoms with Crippen molar-refractivity contribution in [2.45, 2.75) is 39.8 Å². The van der Waals surface area contributed by atoms with Crippen molar-refractivity contribution in [2.75, 3.05) is 0 Å². The fraction of sp³-hybridized carbons (Fsp3) is 0.545. The van der Waals surface area contributed by atoms with Crippen molar-refractivity contribution in [3.05, 3.63) is 24.3 Å². The van der Waals surface area contributed by atoms with Crippen LogP contribution in [0.3, 0.4) is 0 Å². The van der Waals surface area contributed by atoms with Crippen LogP contribution in [-0.2, 0) is 4.74 Å². The Labute approximate surface area is 90.4 Å². The van der Waals surface area contributed by atoms with Gasteiger partial charge in [0.05, 0.1) is 12.3 Å². The van der Waals surface area contributed by atoms with Gasteiger partial charge in [-0.05, 0) is 27.7 Å². The lowest BCUT2D eigenvalue weighted by Crippen LogP contribution is -2.16. The van der Waals surface area contributed by atoms with Crippen LogP contribution in [0.2, 0.25) is 0 Å². The largest absolute Gasteiger partial charge is 0.474 e. The van der Waals surface area contributed by atoms with Crippen LogP contribution < -0.4 is 0 Å². The van der Waals surface area contributed by atoms with Crippen molar-refractivity contribution in [1.82, 2.24) is 9.97 Å². The summed E-state index contributed by atoms with van der Waals surface area (Å²) in [6.45, 7) is 7.93. The van der Waals surface area contributed by atoms with Crippen molar-refractivity contribution in [3.8, 4) is 0 Å². The number of nitrogens with zero attached hydrogens (tertiary/aromatic N) is 3. The standard InChI is InChI=1S/C11H17N3O/c1-8(2)14-11(15-9(3)4)10-7-12-5-6-13-10/h5-9H,1-4H3. The summed E-state index contributed by atoms with van der Waals surface area (Å²) in [5, 5.41) is 0. The van der Waals surface area contributed by atoms with Gasteiger partial charge in [0.15, 0.2) is 0 Å². The molecular weight excluding hydrogens is 190 g/mol. The molecule has 15 heavy (non-hydrogen) atoms. The molecule has 0 saturated carbocycles. The Morgan fingerprint density at radius 1 is 1.27 bits per heavy atom. The SMILES string of the molecule is CC(C)N=C(OC(C)C)c1cnccn1. The van der Waals surface area contributed by atoms with Crippen molar-refractivity contribution in [1.29, 1.82) is 0 Å². The molecule has 0 fully saturated rings. The highest BCUT2D eigenvalue weighted by Crippen LogP contribution is 2.03. The highest BCUT2D eigenvalue weighted by molar-refractivity contribution is 5.92. The molecule has 0 aromatic carbocycles. The molecule has 0 aliphatic heterocycles. The molecule has 1 aromatic rings. The fourth-order valence-electron chi connectivity index (χ4n) is 1.02. The van der Waals surface area contributed by atoms with Crippen molar-refractivity contribution in [3.63, 3.8) is 0 Å². The average molecular weight is 207 g/mol. The second-order valence-electron chi connectivity index (χ2n) is 3.79. The summed E-state index contributed by atoms with van der Waals surface area (Å²) in [6.07, 6.45) is 5.01. The number of hydrogen-bond acceptors (Lipinski definition) is 4. The Bertz CT molecular complexity index is 320. The van der Waals surface area contributed by atoms with E-state index in [1.807, 2.05) is 27.7 Å². The minimum absolute atomic E-state index is 0.0875. The molecule has 1 rings (SSSR count). The topological polar surface area (TPSA) is 47.4 Å². The Morgan fingerprint density at radius 2 is 2.00 bits per heavy atom. The van der Waals surface area contributed by atoms with E-state index in [9.17, 15) is 0 Å². The lowest BCUT2D eigenvalue weighted by molar-refractivity contribution is 0.227. The Morgan fingerprint density at radius 3 is 2.47 bits per heavy atom. The van der Waals surface area contributed by atoms with Crippen LogP contribution in [0.25, 0.3) is 0 Å². The Hall–Kier alpha value is -1.45. The first-order valence-electron chi connectivity index (χ1n) is 5.10. The Kier molecular flexibility index (Phi) is 4.21. The average Bonchev–Trinajstić information content (AvgIpc) is 2.17. The van der Waals surface area contributed by atoms with Crippen LogP contribution in [0.4, 0.5) is 0 Å². The zero-order valence-electron chi connectivity index (χ0n) is 9.64. The second-order valence-corrected chi connectivity index (χ2v) is 3.79. The molecule has 0 bridgehead atoms. The maximum atomic E-state index is 5.59. The van der Waals surface area contributed by atoms with Crippen molar-refractivity contribution in [2.24, 2.45) is 4.99 Å². The van der Waals surface area contributed by atoms with E-state index in [4.69, 9.17) is 4.74 Å². The highest BCUT2D eigenvalue weighted by atomic mass is 16.5. The normalized spacial score (nSPS) is 12.3. The minimum atomic E-state index is 0.0875. The van der Waals surface area contributed by atoms with Crippen LogP contribution in [0.1, 0.15) is 33.4 Å². The molecule has 4 heteroatoms. The van der Waals surface area contributed by atoms with Crippen LogP contribution in [0.5, 0.6) is 0 Å². The fourth-order valence-corrected chi connectivity index (χ4v) is 1.02. The summed E-state index contributed by atoms with van der Waals surface area (Å²) < 4.78 is 5.59. The number of ether oxygens (including phenoxy) is 1. The Balaban J connectivity index is 2.92. The molecule has 4 nitrogen and oxygen atoms in total. The van der Waals surface area contributed by atoms with Gasteiger partial charge in [-0.2, -0.15) is 0 Å². The first-order valence-corrected chi connectivity index (χ1v) is 5.10. The van der Waals surface area contributed by atoms with E-state index in [0.29, 0.717) is 11.6 Å².